The molecule has 7 heteroatoms. The Bertz CT molecular complexity index is 810. The summed E-state index contributed by atoms with van der Waals surface area (Å²) in [4.78, 5) is 6.60. The molecule has 0 amide bonds. The average molecular weight is 402 g/mol. The Morgan fingerprint density at radius 3 is 2.45 bits per heavy atom. The molecule has 0 bridgehead atoms. The maximum absolute atomic E-state index is 10.5. The number of benzene rings is 2. The van der Waals surface area contributed by atoms with Crippen molar-refractivity contribution < 1.29 is 19.3 Å². The molecular weight excluding hydrogens is 370 g/mol. The van der Waals surface area contributed by atoms with Crippen LogP contribution in [0, 0.1) is 0 Å². The van der Waals surface area contributed by atoms with Gasteiger partial charge in [-0.3, -0.25) is 4.99 Å². The largest absolute Gasteiger partial charge is 0.497 e. The van der Waals surface area contributed by atoms with Crippen LogP contribution in [0.3, 0.4) is 0 Å². The molecule has 0 aliphatic carbocycles. The highest BCUT2D eigenvalue weighted by atomic mass is 16.5. The van der Waals surface area contributed by atoms with Gasteiger partial charge in [-0.15, -0.1) is 0 Å². The van der Waals surface area contributed by atoms with Crippen molar-refractivity contribution in [3.63, 3.8) is 0 Å². The number of aliphatic hydroxyl groups excluding tert-OH is 1. The summed E-state index contributed by atoms with van der Waals surface area (Å²) in [6, 6.07) is 13.1. The van der Waals surface area contributed by atoms with Gasteiger partial charge in [-0.1, -0.05) is 12.1 Å². The van der Waals surface area contributed by atoms with Crippen LogP contribution in [0.15, 0.2) is 47.5 Å². The highest BCUT2D eigenvalue weighted by molar-refractivity contribution is 5.79. The van der Waals surface area contributed by atoms with Gasteiger partial charge in [-0.2, -0.15) is 0 Å². The third kappa shape index (κ3) is 6.29. The monoisotopic (exact) mass is 401 g/mol. The van der Waals surface area contributed by atoms with E-state index in [4.69, 9.17) is 14.2 Å². The SMILES string of the molecule is CCNC(=NCC(O)c1cccc(OC)c1)N(C)Cc1ccc(OC)cc1OC. The first-order valence-corrected chi connectivity index (χ1v) is 9.54. The molecule has 2 rings (SSSR count). The first-order valence-electron chi connectivity index (χ1n) is 9.54. The summed E-state index contributed by atoms with van der Waals surface area (Å²) in [7, 11) is 6.82. The van der Waals surface area contributed by atoms with E-state index in [1.807, 2.05) is 61.3 Å². The van der Waals surface area contributed by atoms with Crippen LogP contribution in [0.25, 0.3) is 0 Å². The molecule has 0 fully saturated rings. The second-order valence-corrected chi connectivity index (χ2v) is 6.52. The second kappa shape index (κ2) is 11.2. The molecule has 0 heterocycles. The summed E-state index contributed by atoms with van der Waals surface area (Å²) < 4.78 is 16.0. The summed E-state index contributed by atoms with van der Waals surface area (Å²) in [5.74, 6) is 2.91. The maximum atomic E-state index is 10.5. The van der Waals surface area contributed by atoms with Gasteiger partial charge in [0.15, 0.2) is 5.96 Å². The molecular formula is C22H31N3O4. The molecule has 2 N–H and O–H groups in total. The fourth-order valence-corrected chi connectivity index (χ4v) is 2.91. The highest BCUT2D eigenvalue weighted by Crippen LogP contribution is 2.25. The molecule has 0 radical (unpaired) electrons. The Morgan fingerprint density at radius 1 is 1.07 bits per heavy atom. The van der Waals surface area contributed by atoms with Crippen molar-refractivity contribution in [3.8, 4) is 17.2 Å². The van der Waals surface area contributed by atoms with Crippen molar-refractivity contribution >= 4 is 5.96 Å². The molecule has 7 nitrogen and oxygen atoms in total. The summed E-state index contributed by atoms with van der Waals surface area (Å²) >= 11 is 0. The van der Waals surface area contributed by atoms with Gasteiger partial charge in [0.2, 0.25) is 0 Å². The maximum Gasteiger partial charge on any atom is 0.194 e. The minimum absolute atomic E-state index is 0.236. The molecule has 1 atom stereocenters. The van der Waals surface area contributed by atoms with Crippen LogP contribution in [0.5, 0.6) is 17.2 Å². The molecule has 0 aliphatic heterocycles. The van der Waals surface area contributed by atoms with Gasteiger partial charge in [0, 0.05) is 31.8 Å². The molecule has 0 spiro atoms. The molecule has 2 aromatic rings. The molecule has 2 aromatic carbocycles. The van der Waals surface area contributed by atoms with Gasteiger partial charge in [0.05, 0.1) is 34.0 Å². The quantitative estimate of drug-likeness (QED) is 0.497. The van der Waals surface area contributed by atoms with E-state index in [1.165, 1.54) is 0 Å². The second-order valence-electron chi connectivity index (χ2n) is 6.52. The number of nitrogens with one attached hydrogen (secondary N) is 1. The van der Waals surface area contributed by atoms with Crippen LogP contribution in [0.2, 0.25) is 0 Å². The standard InChI is InChI=1S/C22H31N3O4/c1-6-23-22(24-14-20(26)16-8-7-9-18(12-16)27-3)25(2)15-17-10-11-19(28-4)13-21(17)29-5/h7-13,20,26H,6,14-15H2,1-5H3,(H,23,24). The fourth-order valence-electron chi connectivity index (χ4n) is 2.91. The van der Waals surface area contributed by atoms with Gasteiger partial charge in [0.1, 0.15) is 17.2 Å². The molecule has 1 unspecified atom stereocenters. The Labute approximate surface area is 172 Å². The number of methoxy groups -OCH3 is 3. The van der Waals surface area contributed by atoms with E-state index >= 15 is 0 Å². The van der Waals surface area contributed by atoms with Gasteiger partial charge in [0.25, 0.3) is 0 Å². The van der Waals surface area contributed by atoms with E-state index in [2.05, 4.69) is 10.3 Å². The van der Waals surface area contributed by atoms with Gasteiger partial charge in [-0.05, 0) is 36.8 Å². The van der Waals surface area contributed by atoms with Gasteiger partial charge < -0.3 is 29.5 Å². The molecule has 0 saturated heterocycles. The average Bonchev–Trinajstić information content (AvgIpc) is 2.76. The smallest absolute Gasteiger partial charge is 0.194 e. The number of rotatable bonds is 9. The molecule has 29 heavy (non-hydrogen) atoms. The highest BCUT2D eigenvalue weighted by Gasteiger charge is 2.13. The predicted molar refractivity (Wildman–Crippen MR) is 115 cm³/mol. The van der Waals surface area contributed by atoms with Crippen LogP contribution in [0.1, 0.15) is 24.2 Å². The summed E-state index contributed by atoms with van der Waals surface area (Å²) in [5, 5.41) is 13.8. The van der Waals surface area contributed by atoms with E-state index in [1.54, 1.807) is 21.3 Å². The number of nitrogens with zero attached hydrogens (tertiary/aromatic N) is 2. The zero-order valence-corrected chi connectivity index (χ0v) is 17.8. The van der Waals surface area contributed by atoms with Gasteiger partial charge >= 0.3 is 0 Å². The Hall–Kier alpha value is -2.93. The number of guanidine groups is 1. The van der Waals surface area contributed by atoms with Crippen LogP contribution in [-0.2, 0) is 6.54 Å². The van der Waals surface area contributed by atoms with E-state index in [-0.39, 0.29) is 6.54 Å². The van der Waals surface area contributed by atoms with Crippen LogP contribution in [0.4, 0.5) is 0 Å². The lowest BCUT2D eigenvalue weighted by Crippen LogP contribution is -2.38. The Kier molecular flexibility index (Phi) is 8.61. The minimum Gasteiger partial charge on any atom is -0.497 e. The minimum atomic E-state index is -0.720. The summed E-state index contributed by atoms with van der Waals surface area (Å²) in [6.45, 7) is 3.56. The van der Waals surface area contributed by atoms with Crippen LogP contribution < -0.4 is 19.5 Å². The lowest BCUT2D eigenvalue weighted by Gasteiger charge is -2.23. The summed E-state index contributed by atoms with van der Waals surface area (Å²) in [6.07, 6.45) is -0.720. The summed E-state index contributed by atoms with van der Waals surface area (Å²) in [5.41, 5.74) is 1.78. The first-order chi connectivity index (χ1) is 14.0. The van der Waals surface area contributed by atoms with Crippen LogP contribution in [-0.4, -0.2) is 57.4 Å². The molecule has 0 aliphatic rings. The van der Waals surface area contributed by atoms with E-state index in [0.29, 0.717) is 18.3 Å². The number of hydrogen-bond acceptors (Lipinski definition) is 5. The predicted octanol–water partition coefficient (Wildman–Crippen LogP) is 2.84. The van der Waals surface area contributed by atoms with Crippen molar-refractivity contribution in [2.24, 2.45) is 4.99 Å². The van der Waals surface area contributed by atoms with Crippen LogP contribution >= 0.6 is 0 Å². The Morgan fingerprint density at radius 2 is 1.79 bits per heavy atom. The topological polar surface area (TPSA) is 75.6 Å². The number of hydrogen-bond donors (Lipinski definition) is 2. The lowest BCUT2D eigenvalue weighted by atomic mass is 10.1. The zero-order chi connectivity index (χ0) is 21.2. The zero-order valence-electron chi connectivity index (χ0n) is 17.8. The van der Waals surface area contributed by atoms with Crippen molar-refractivity contribution in [1.82, 2.24) is 10.2 Å². The molecule has 0 saturated carbocycles. The third-order valence-corrected chi connectivity index (χ3v) is 4.49. The van der Waals surface area contributed by atoms with Crippen molar-refractivity contribution in [2.75, 3.05) is 41.5 Å². The lowest BCUT2D eigenvalue weighted by molar-refractivity contribution is 0.186. The van der Waals surface area contributed by atoms with E-state index in [0.717, 1.165) is 29.2 Å². The molecule has 158 valence electrons. The normalized spacial score (nSPS) is 12.3. The third-order valence-electron chi connectivity index (χ3n) is 4.49. The molecule has 0 aromatic heterocycles. The van der Waals surface area contributed by atoms with Crippen molar-refractivity contribution in [2.45, 2.75) is 19.6 Å². The Balaban J connectivity index is 2.13. The number of ether oxygens (including phenoxy) is 3. The number of aliphatic hydroxyl groups is 1. The van der Waals surface area contributed by atoms with E-state index in [9.17, 15) is 5.11 Å². The number of aliphatic imine (C=N–C) groups is 1. The van der Waals surface area contributed by atoms with Gasteiger partial charge in [-0.25, -0.2) is 0 Å². The van der Waals surface area contributed by atoms with Crippen molar-refractivity contribution in [3.05, 3.63) is 53.6 Å². The van der Waals surface area contributed by atoms with E-state index < -0.39 is 6.10 Å². The van der Waals surface area contributed by atoms with Crippen molar-refractivity contribution in [1.29, 1.82) is 0 Å². The fraction of sp³-hybridized carbons (Fsp3) is 0.409. The first kappa shape index (κ1) is 22.4.